The fourth-order valence-corrected chi connectivity index (χ4v) is 7.87. The lowest BCUT2D eigenvalue weighted by Crippen LogP contribution is -2.30. The third-order valence-corrected chi connectivity index (χ3v) is 12.6. The molecule has 0 aromatic rings. The molecule has 3 atom stereocenters. The molecule has 0 bridgehead atoms. The van der Waals surface area contributed by atoms with E-state index < -0.39 is 6.10 Å². The largest absolute Gasteiger partial charge is 0.462 e. The molecule has 0 aliphatic rings. The van der Waals surface area contributed by atoms with Gasteiger partial charge < -0.3 is 14.2 Å². The van der Waals surface area contributed by atoms with Gasteiger partial charge in [0, 0.05) is 19.3 Å². The van der Waals surface area contributed by atoms with Gasteiger partial charge in [0.15, 0.2) is 6.10 Å². The Hall–Kier alpha value is -1.59. The topological polar surface area (TPSA) is 78.9 Å². The van der Waals surface area contributed by atoms with Crippen molar-refractivity contribution in [2.45, 2.75) is 292 Å². The van der Waals surface area contributed by atoms with Crippen molar-refractivity contribution < 1.29 is 28.6 Å². The zero-order valence-corrected chi connectivity index (χ0v) is 40.5. The van der Waals surface area contributed by atoms with Crippen molar-refractivity contribution in [1.29, 1.82) is 0 Å². The Morgan fingerprint density at radius 3 is 0.881 bits per heavy atom. The van der Waals surface area contributed by atoms with Gasteiger partial charge in [0.25, 0.3) is 0 Å². The van der Waals surface area contributed by atoms with Gasteiger partial charge in [-0.25, -0.2) is 0 Å². The highest BCUT2D eigenvalue weighted by Gasteiger charge is 2.19. The van der Waals surface area contributed by atoms with Crippen LogP contribution in [-0.2, 0) is 28.6 Å². The van der Waals surface area contributed by atoms with Gasteiger partial charge >= 0.3 is 17.9 Å². The first-order valence-electron chi connectivity index (χ1n) is 26.2. The van der Waals surface area contributed by atoms with Gasteiger partial charge in [-0.1, -0.05) is 247 Å². The molecule has 0 fully saturated rings. The molecule has 0 spiro atoms. The Morgan fingerprint density at radius 1 is 0.339 bits per heavy atom. The maximum Gasteiger partial charge on any atom is 0.306 e. The molecule has 0 saturated carbocycles. The van der Waals surface area contributed by atoms with Crippen molar-refractivity contribution in [3.63, 3.8) is 0 Å². The van der Waals surface area contributed by atoms with Crippen LogP contribution in [0.3, 0.4) is 0 Å². The Morgan fingerprint density at radius 2 is 0.593 bits per heavy atom. The smallest absolute Gasteiger partial charge is 0.306 e. The summed E-state index contributed by atoms with van der Waals surface area (Å²) in [5.74, 6) is 1.68. The molecule has 0 N–H and O–H groups in total. The normalized spacial score (nSPS) is 13.1. The minimum absolute atomic E-state index is 0.0651. The molecule has 0 heterocycles. The van der Waals surface area contributed by atoms with Crippen LogP contribution in [0.4, 0.5) is 0 Å². The molecule has 0 amide bonds. The summed E-state index contributed by atoms with van der Waals surface area (Å²) in [6, 6.07) is 0. The SMILES string of the molecule is CCC(C)CCCCCCCCCCC(=O)OC[C@H](COC(=O)CCCCCCCCCCCCCCCCC(C)C)OC(=O)CCCCCCCCCCC(C)CC. The van der Waals surface area contributed by atoms with Crippen molar-refractivity contribution in [2.75, 3.05) is 13.2 Å². The molecule has 350 valence electrons. The summed E-state index contributed by atoms with van der Waals surface area (Å²) >= 11 is 0. The zero-order valence-electron chi connectivity index (χ0n) is 40.5. The van der Waals surface area contributed by atoms with Crippen LogP contribution >= 0.6 is 0 Å². The van der Waals surface area contributed by atoms with Crippen LogP contribution in [0.25, 0.3) is 0 Å². The third-order valence-electron chi connectivity index (χ3n) is 12.6. The number of hydrogen-bond acceptors (Lipinski definition) is 6. The Balaban J connectivity index is 4.31. The predicted molar refractivity (Wildman–Crippen MR) is 252 cm³/mol. The van der Waals surface area contributed by atoms with Crippen molar-refractivity contribution in [1.82, 2.24) is 0 Å². The van der Waals surface area contributed by atoms with Gasteiger partial charge in [0.2, 0.25) is 0 Å². The van der Waals surface area contributed by atoms with E-state index in [0.717, 1.165) is 75.5 Å². The van der Waals surface area contributed by atoms with Crippen LogP contribution < -0.4 is 0 Å². The fraction of sp³-hybridized carbons (Fsp3) is 0.943. The summed E-state index contributed by atoms with van der Waals surface area (Å²) in [6.07, 6.45) is 43.7. The van der Waals surface area contributed by atoms with Crippen molar-refractivity contribution in [3.05, 3.63) is 0 Å². The van der Waals surface area contributed by atoms with Crippen LogP contribution in [-0.4, -0.2) is 37.2 Å². The molecule has 6 heteroatoms. The molecule has 6 nitrogen and oxygen atoms in total. The number of unbranched alkanes of at least 4 members (excludes halogenated alkanes) is 27. The van der Waals surface area contributed by atoms with Crippen molar-refractivity contribution >= 4 is 17.9 Å². The molecule has 0 saturated heterocycles. The number of hydrogen-bond donors (Lipinski definition) is 0. The first-order chi connectivity index (χ1) is 28.7. The van der Waals surface area contributed by atoms with E-state index in [2.05, 4.69) is 41.5 Å². The van der Waals surface area contributed by atoms with Gasteiger partial charge in [-0.3, -0.25) is 14.4 Å². The molecular formula is C53H102O6. The van der Waals surface area contributed by atoms with E-state index in [9.17, 15) is 14.4 Å². The highest BCUT2D eigenvalue weighted by atomic mass is 16.6. The maximum absolute atomic E-state index is 12.8. The summed E-state index contributed by atoms with van der Waals surface area (Å²) in [4.78, 5) is 37.9. The van der Waals surface area contributed by atoms with Crippen molar-refractivity contribution in [3.8, 4) is 0 Å². The fourth-order valence-electron chi connectivity index (χ4n) is 7.87. The average Bonchev–Trinajstić information content (AvgIpc) is 3.22. The minimum atomic E-state index is -0.763. The van der Waals surface area contributed by atoms with E-state index in [-0.39, 0.29) is 31.1 Å². The zero-order chi connectivity index (χ0) is 43.4. The maximum atomic E-state index is 12.8. The summed E-state index contributed by atoms with van der Waals surface area (Å²) in [7, 11) is 0. The van der Waals surface area contributed by atoms with Gasteiger partial charge in [-0.15, -0.1) is 0 Å². The molecule has 0 aromatic heterocycles. The van der Waals surface area contributed by atoms with Gasteiger partial charge in [-0.05, 0) is 37.0 Å². The number of carbonyl (C=O) groups is 3. The molecule has 0 rings (SSSR count). The Kier molecular flexibility index (Phi) is 43.3. The second-order valence-corrected chi connectivity index (χ2v) is 19.1. The first kappa shape index (κ1) is 57.4. The molecule has 0 aromatic carbocycles. The highest BCUT2D eigenvalue weighted by molar-refractivity contribution is 5.71. The first-order valence-corrected chi connectivity index (χ1v) is 26.2. The summed E-state index contributed by atoms with van der Waals surface area (Å²) in [5.41, 5.74) is 0. The number of ether oxygens (including phenoxy) is 3. The van der Waals surface area contributed by atoms with E-state index in [1.165, 1.54) is 167 Å². The lowest BCUT2D eigenvalue weighted by Gasteiger charge is -2.18. The van der Waals surface area contributed by atoms with Crippen LogP contribution in [0, 0.1) is 17.8 Å². The summed E-state index contributed by atoms with van der Waals surface area (Å²) < 4.78 is 16.8. The quantitative estimate of drug-likeness (QED) is 0.0345. The van der Waals surface area contributed by atoms with Gasteiger partial charge in [0.05, 0.1) is 0 Å². The number of esters is 3. The molecule has 0 aliphatic heterocycles. The van der Waals surface area contributed by atoms with Crippen LogP contribution in [0.5, 0.6) is 0 Å². The third kappa shape index (κ3) is 44.3. The summed E-state index contributed by atoms with van der Waals surface area (Å²) in [6.45, 7) is 13.7. The molecular weight excluding hydrogens is 733 g/mol. The number of rotatable bonds is 46. The van der Waals surface area contributed by atoms with E-state index >= 15 is 0 Å². The monoisotopic (exact) mass is 835 g/mol. The summed E-state index contributed by atoms with van der Waals surface area (Å²) in [5, 5.41) is 0. The molecule has 0 aliphatic carbocycles. The second-order valence-electron chi connectivity index (χ2n) is 19.1. The van der Waals surface area contributed by atoms with Crippen LogP contribution in [0.2, 0.25) is 0 Å². The Bertz CT molecular complexity index is 918. The molecule has 59 heavy (non-hydrogen) atoms. The molecule has 2 unspecified atom stereocenters. The van der Waals surface area contributed by atoms with E-state index in [1.807, 2.05) is 0 Å². The average molecular weight is 835 g/mol. The standard InChI is InChI=1S/C53H102O6/c1-7-48(5)40-34-28-22-17-19-25-31-37-43-52(55)58-46-50(59-53(56)44-38-32-26-20-18-23-29-35-41-49(6)8-2)45-57-51(54)42-36-30-24-16-14-12-10-9-11-13-15-21-27-33-39-47(3)4/h47-50H,7-46H2,1-6H3/t48?,49?,50-/m0/s1. The predicted octanol–water partition coefficient (Wildman–Crippen LogP) is 16.8. The lowest BCUT2D eigenvalue weighted by atomic mass is 9.99. The molecule has 0 radical (unpaired) electrons. The van der Waals surface area contributed by atoms with Gasteiger partial charge in [0.1, 0.15) is 13.2 Å². The Labute approximate surface area is 368 Å². The number of carbonyl (C=O) groups excluding carboxylic acids is 3. The van der Waals surface area contributed by atoms with E-state index in [4.69, 9.17) is 14.2 Å². The van der Waals surface area contributed by atoms with Crippen LogP contribution in [0.15, 0.2) is 0 Å². The van der Waals surface area contributed by atoms with Crippen LogP contribution in [0.1, 0.15) is 286 Å². The van der Waals surface area contributed by atoms with E-state index in [0.29, 0.717) is 19.3 Å². The van der Waals surface area contributed by atoms with E-state index in [1.54, 1.807) is 0 Å². The second kappa shape index (κ2) is 44.5. The minimum Gasteiger partial charge on any atom is -0.462 e. The highest BCUT2D eigenvalue weighted by Crippen LogP contribution is 2.18. The lowest BCUT2D eigenvalue weighted by molar-refractivity contribution is -0.167. The van der Waals surface area contributed by atoms with Crippen molar-refractivity contribution in [2.24, 2.45) is 17.8 Å². The van der Waals surface area contributed by atoms with Gasteiger partial charge in [-0.2, -0.15) is 0 Å².